The molecule has 1 N–H and O–H groups in total. The minimum absolute atomic E-state index is 0.617. The van der Waals surface area contributed by atoms with Crippen LogP contribution in [-0.4, -0.2) is 13.6 Å². The van der Waals surface area contributed by atoms with Crippen LogP contribution < -0.4 is 5.32 Å². The van der Waals surface area contributed by atoms with Crippen molar-refractivity contribution in [3.05, 3.63) is 35.4 Å². The van der Waals surface area contributed by atoms with E-state index in [9.17, 15) is 0 Å². The maximum Gasteiger partial charge on any atom is 0.00196 e. The lowest BCUT2D eigenvalue weighted by Gasteiger charge is -2.21. The number of likely N-dealkylation sites (N-methyl/N-ethyl adjacent to an activating group) is 1. The van der Waals surface area contributed by atoms with E-state index in [-0.39, 0.29) is 0 Å². The number of rotatable bonds is 6. The fraction of sp³-hybridized carbons (Fsp3) is 0.625. The molecule has 17 heavy (non-hydrogen) atoms. The predicted molar refractivity (Wildman–Crippen MR) is 76.7 cm³/mol. The summed E-state index contributed by atoms with van der Waals surface area (Å²) in [5, 5.41) is 3.30. The molecule has 0 aromatic heterocycles. The fourth-order valence-corrected chi connectivity index (χ4v) is 2.27. The highest BCUT2D eigenvalue weighted by molar-refractivity contribution is 5.28. The maximum atomic E-state index is 3.30. The molecule has 0 aliphatic heterocycles. The second-order valence-corrected chi connectivity index (χ2v) is 5.38. The van der Waals surface area contributed by atoms with Gasteiger partial charge in [-0.25, -0.2) is 0 Å². The SMILES string of the molecule is CCC(C)c1ccc(C(CNC)C(C)C)cc1. The average molecular weight is 233 g/mol. The number of hydrogen-bond donors (Lipinski definition) is 1. The molecule has 0 radical (unpaired) electrons. The maximum absolute atomic E-state index is 3.30. The molecule has 2 atom stereocenters. The van der Waals surface area contributed by atoms with E-state index in [2.05, 4.69) is 57.3 Å². The smallest absolute Gasteiger partial charge is 0.00196 e. The Bertz CT molecular complexity index is 313. The molecule has 1 rings (SSSR count). The van der Waals surface area contributed by atoms with Gasteiger partial charge in [0.25, 0.3) is 0 Å². The lowest BCUT2D eigenvalue weighted by molar-refractivity contribution is 0.478. The summed E-state index contributed by atoms with van der Waals surface area (Å²) < 4.78 is 0. The highest BCUT2D eigenvalue weighted by Gasteiger charge is 2.15. The van der Waals surface area contributed by atoms with Crippen molar-refractivity contribution < 1.29 is 0 Å². The zero-order chi connectivity index (χ0) is 12.8. The Labute approximate surface area is 107 Å². The van der Waals surface area contributed by atoms with Crippen LogP contribution in [0.5, 0.6) is 0 Å². The molecule has 1 aromatic carbocycles. The van der Waals surface area contributed by atoms with E-state index in [1.54, 1.807) is 0 Å². The van der Waals surface area contributed by atoms with Crippen LogP contribution >= 0.6 is 0 Å². The van der Waals surface area contributed by atoms with Crippen LogP contribution in [-0.2, 0) is 0 Å². The van der Waals surface area contributed by atoms with Gasteiger partial charge in [0.2, 0.25) is 0 Å². The molecular formula is C16H27N. The molecule has 2 unspecified atom stereocenters. The third kappa shape index (κ3) is 3.85. The van der Waals surface area contributed by atoms with Gasteiger partial charge in [-0.15, -0.1) is 0 Å². The minimum Gasteiger partial charge on any atom is -0.319 e. The van der Waals surface area contributed by atoms with Gasteiger partial charge in [0.1, 0.15) is 0 Å². The molecule has 1 aromatic rings. The van der Waals surface area contributed by atoms with Gasteiger partial charge < -0.3 is 5.32 Å². The van der Waals surface area contributed by atoms with E-state index in [4.69, 9.17) is 0 Å². The topological polar surface area (TPSA) is 12.0 Å². The van der Waals surface area contributed by atoms with Crippen LogP contribution in [0.15, 0.2) is 24.3 Å². The summed E-state index contributed by atoms with van der Waals surface area (Å²) in [7, 11) is 2.03. The van der Waals surface area contributed by atoms with Crippen molar-refractivity contribution in [3.8, 4) is 0 Å². The van der Waals surface area contributed by atoms with E-state index in [1.165, 1.54) is 17.5 Å². The Hall–Kier alpha value is -0.820. The summed E-state index contributed by atoms with van der Waals surface area (Å²) in [6, 6.07) is 9.22. The third-order valence-corrected chi connectivity index (χ3v) is 3.77. The minimum atomic E-state index is 0.617. The second-order valence-electron chi connectivity index (χ2n) is 5.38. The Morgan fingerprint density at radius 1 is 1.00 bits per heavy atom. The van der Waals surface area contributed by atoms with Gasteiger partial charge in [-0.05, 0) is 42.3 Å². The molecule has 0 aliphatic carbocycles. The highest BCUT2D eigenvalue weighted by Crippen LogP contribution is 2.26. The molecule has 0 aliphatic rings. The van der Waals surface area contributed by atoms with Crippen molar-refractivity contribution in [2.24, 2.45) is 5.92 Å². The van der Waals surface area contributed by atoms with E-state index < -0.39 is 0 Å². The van der Waals surface area contributed by atoms with Crippen LogP contribution in [0.25, 0.3) is 0 Å². The first-order valence-electron chi connectivity index (χ1n) is 6.84. The standard InChI is InChI=1S/C16H27N/c1-6-13(4)14-7-9-15(10-8-14)16(11-17-5)12(2)3/h7-10,12-13,16-17H,6,11H2,1-5H3. The van der Waals surface area contributed by atoms with Crippen molar-refractivity contribution >= 4 is 0 Å². The van der Waals surface area contributed by atoms with Crippen LogP contribution in [0.4, 0.5) is 0 Å². The molecule has 0 bridgehead atoms. The van der Waals surface area contributed by atoms with Gasteiger partial charge >= 0.3 is 0 Å². The van der Waals surface area contributed by atoms with Gasteiger partial charge in [-0.3, -0.25) is 0 Å². The summed E-state index contributed by atoms with van der Waals surface area (Å²) >= 11 is 0. The number of hydrogen-bond acceptors (Lipinski definition) is 1. The van der Waals surface area contributed by atoms with E-state index >= 15 is 0 Å². The molecular weight excluding hydrogens is 206 g/mol. The largest absolute Gasteiger partial charge is 0.319 e. The zero-order valence-electron chi connectivity index (χ0n) is 12.0. The van der Waals surface area contributed by atoms with Crippen LogP contribution in [0.1, 0.15) is 57.1 Å². The normalized spacial score (nSPS) is 14.9. The predicted octanol–water partition coefficient (Wildman–Crippen LogP) is 4.16. The van der Waals surface area contributed by atoms with E-state index in [0.717, 1.165) is 6.54 Å². The average Bonchev–Trinajstić information content (AvgIpc) is 2.35. The van der Waals surface area contributed by atoms with Gasteiger partial charge in [0.05, 0.1) is 0 Å². The number of benzene rings is 1. The molecule has 0 saturated carbocycles. The first-order valence-corrected chi connectivity index (χ1v) is 6.84. The summed E-state index contributed by atoms with van der Waals surface area (Å²) in [6.07, 6.45) is 1.21. The fourth-order valence-electron chi connectivity index (χ4n) is 2.27. The first-order chi connectivity index (χ1) is 8.10. The molecule has 0 fully saturated rings. The monoisotopic (exact) mass is 233 g/mol. The Balaban J connectivity index is 2.84. The quantitative estimate of drug-likeness (QED) is 0.778. The summed E-state index contributed by atoms with van der Waals surface area (Å²) in [5.41, 5.74) is 2.92. The van der Waals surface area contributed by atoms with Crippen LogP contribution in [0, 0.1) is 5.92 Å². The Morgan fingerprint density at radius 2 is 1.53 bits per heavy atom. The lowest BCUT2D eigenvalue weighted by Crippen LogP contribution is -2.21. The van der Waals surface area contributed by atoms with Gasteiger partial charge in [-0.2, -0.15) is 0 Å². The summed E-state index contributed by atoms with van der Waals surface area (Å²) in [5.74, 6) is 1.97. The Kier molecular flexibility index (Phi) is 5.70. The van der Waals surface area contributed by atoms with Crippen LogP contribution in [0.3, 0.4) is 0 Å². The second kappa shape index (κ2) is 6.80. The molecule has 1 heteroatoms. The molecule has 0 saturated heterocycles. The van der Waals surface area contributed by atoms with Crippen molar-refractivity contribution in [2.75, 3.05) is 13.6 Å². The molecule has 1 nitrogen and oxygen atoms in total. The molecule has 96 valence electrons. The van der Waals surface area contributed by atoms with E-state index in [1.807, 2.05) is 7.05 Å². The van der Waals surface area contributed by atoms with E-state index in [0.29, 0.717) is 17.8 Å². The zero-order valence-corrected chi connectivity index (χ0v) is 12.0. The van der Waals surface area contributed by atoms with Crippen molar-refractivity contribution in [1.29, 1.82) is 0 Å². The first kappa shape index (κ1) is 14.2. The third-order valence-electron chi connectivity index (χ3n) is 3.77. The van der Waals surface area contributed by atoms with Gasteiger partial charge in [0, 0.05) is 6.54 Å². The van der Waals surface area contributed by atoms with Crippen molar-refractivity contribution in [1.82, 2.24) is 5.32 Å². The molecule has 0 spiro atoms. The molecule has 0 amide bonds. The highest BCUT2D eigenvalue weighted by atomic mass is 14.8. The van der Waals surface area contributed by atoms with Crippen molar-refractivity contribution in [3.63, 3.8) is 0 Å². The summed E-state index contributed by atoms with van der Waals surface area (Å²) in [4.78, 5) is 0. The van der Waals surface area contributed by atoms with Gasteiger partial charge in [0.15, 0.2) is 0 Å². The number of nitrogens with one attached hydrogen (secondary N) is 1. The van der Waals surface area contributed by atoms with Crippen LogP contribution in [0.2, 0.25) is 0 Å². The summed E-state index contributed by atoms with van der Waals surface area (Å²) in [6.45, 7) is 10.2. The Morgan fingerprint density at radius 3 is 1.94 bits per heavy atom. The molecule has 0 heterocycles. The van der Waals surface area contributed by atoms with Gasteiger partial charge in [-0.1, -0.05) is 52.0 Å². The van der Waals surface area contributed by atoms with Crippen molar-refractivity contribution in [2.45, 2.75) is 46.0 Å². The lowest BCUT2D eigenvalue weighted by atomic mass is 9.87.